The lowest BCUT2D eigenvalue weighted by Gasteiger charge is -2.17. The molecule has 0 aliphatic rings. The molecule has 0 aliphatic heterocycles. The van der Waals surface area contributed by atoms with Gasteiger partial charge in [0.25, 0.3) is 6.47 Å². The van der Waals surface area contributed by atoms with Gasteiger partial charge in [0.1, 0.15) is 12.4 Å². The summed E-state index contributed by atoms with van der Waals surface area (Å²) in [6, 6.07) is 14.2. The highest BCUT2D eigenvalue weighted by Gasteiger charge is 2.27. The van der Waals surface area contributed by atoms with E-state index in [2.05, 4.69) is 15.9 Å². The number of rotatable bonds is 7. The average molecular weight is 379 g/mol. The number of methoxy groups -OCH3 is 1. The van der Waals surface area contributed by atoms with Crippen molar-refractivity contribution in [2.75, 3.05) is 7.11 Å². The molecule has 0 amide bonds. The first-order valence-electron chi connectivity index (χ1n) is 6.79. The topological polar surface area (TPSA) is 61.8 Å². The number of carbonyl (C=O) groups is 2. The van der Waals surface area contributed by atoms with Crippen LogP contribution in [0.4, 0.5) is 0 Å². The van der Waals surface area contributed by atoms with Crippen molar-refractivity contribution in [1.29, 1.82) is 0 Å². The van der Waals surface area contributed by atoms with Crippen molar-refractivity contribution in [3.63, 3.8) is 0 Å². The first-order valence-corrected chi connectivity index (χ1v) is 7.58. The smallest absolute Gasteiger partial charge is 0.352 e. The molecule has 0 spiro atoms. The van der Waals surface area contributed by atoms with Crippen LogP contribution in [-0.4, -0.2) is 19.6 Å². The van der Waals surface area contributed by atoms with Crippen molar-refractivity contribution in [2.45, 2.75) is 12.7 Å². The Labute approximate surface area is 142 Å². The lowest BCUT2D eigenvalue weighted by Crippen LogP contribution is -2.19. The van der Waals surface area contributed by atoms with Gasteiger partial charge in [0, 0.05) is 10.0 Å². The van der Waals surface area contributed by atoms with Crippen LogP contribution in [0, 0.1) is 0 Å². The van der Waals surface area contributed by atoms with E-state index in [9.17, 15) is 9.59 Å². The van der Waals surface area contributed by atoms with Gasteiger partial charge in [-0.25, -0.2) is 4.79 Å². The number of carbonyl (C=O) groups excluding carboxylic acids is 2. The summed E-state index contributed by atoms with van der Waals surface area (Å²) in [5.41, 5.74) is 1.26. The van der Waals surface area contributed by atoms with Crippen LogP contribution < -0.4 is 4.74 Å². The van der Waals surface area contributed by atoms with Crippen LogP contribution in [0.15, 0.2) is 53.0 Å². The number of para-hydroxylation sites is 1. The van der Waals surface area contributed by atoms with Crippen molar-refractivity contribution < 1.29 is 23.8 Å². The Bertz CT molecular complexity index is 669. The van der Waals surface area contributed by atoms with Gasteiger partial charge < -0.3 is 14.2 Å². The number of esters is 1. The maximum Gasteiger partial charge on any atom is 0.352 e. The van der Waals surface area contributed by atoms with Crippen LogP contribution in [0.2, 0.25) is 0 Å². The predicted molar refractivity (Wildman–Crippen MR) is 86.8 cm³/mol. The molecule has 0 aromatic heterocycles. The third-order valence-electron chi connectivity index (χ3n) is 3.12. The van der Waals surface area contributed by atoms with Gasteiger partial charge in [-0.1, -0.05) is 46.3 Å². The first kappa shape index (κ1) is 17.0. The Balaban J connectivity index is 2.12. The summed E-state index contributed by atoms with van der Waals surface area (Å²) in [6.07, 6.45) is -1.17. The Morgan fingerprint density at radius 3 is 2.52 bits per heavy atom. The van der Waals surface area contributed by atoms with Gasteiger partial charge in [0.2, 0.25) is 6.10 Å². The van der Waals surface area contributed by atoms with Crippen molar-refractivity contribution in [3.8, 4) is 5.75 Å². The lowest BCUT2D eigenvalue weighted by atomic mass is 10.1. The maximum atomic E-state index is 12.3. The van der Waals surface area contributed by atoms with Crippen LogP contribution in [0.5, 0.6) is 5.75 Å². The summed E-state index contributed by atoms with van der Waals surface area (Å²) in [6.45, 7) is 0.304. The molecule has 5 nitrogen and oxygen atoms in total. The van der Waals surface area contributed by atoms with Crippen LogP contribution >= 0.6 is 15.9 Å². The normalized spacial score (nSPS) is 11.4. The molecule has 1 atom stereocenters. The first-order chi connectivity index (χ1) is 11.2. The fourth-order valence-electron chi connectivity index (χ4n) is 2.01. The molecule has 0 fully saturated rings. The second-order valence-corrected chi connectivity index (χ2v) is 5.50. The minimum atomic E-state index is -1.17. The fourth-order valence-corrected chi connectivity index (χ4v) is 2.27. The molecule has 1 unspecified atom stereocenters. The molecule has 2 aromatic carbocycles. The molecule has 0 bridgehead atoms. The Morgan fingerprint density at radius 1 is 1.17 bits per heavy atom. The molecule has 2 aromatic rings. The van der Waals surface area contributed by atoms with Gasteiger partial charge in [-0.3, -0.25) is 4.79 Å². The third kappa shape index (κ3) is 4.56. The van der Waals surface area contributed by atoms with Gasteiger partial charge >= 0.3 is 5.97 Å². The summed E-state index contributed by atoms with van der Waals surface area (Å²) in [4.78, 5) is 23.0. The highest BCUT2D eigenvalue weighted by Crippen LogP contribution is 2.28. The van der Waals surface area contributed by atoms with Crippen molar-refractivity contribution >= 4 is 28.4 Å². The van der Waals surface area contributed by atoms with E-state index in [4.69, 9.17) is 14.2 Å². The zero-order valence-electron chi connectivity index (χ0n) is 12.4. The molecule has 0 saturated heterocycles. The van der Waals surface area contributed by atoms with E-state index in [1.165, 1.54) is 7.11 Å². The Morgan fingerprint density at radius 2 is 1.87 bits per heavy atom. The van der Waals surface area contributed by atoms with E-state index in [0.717, 1.165) is 10.0 Å². The summed E-state index contributed by atoms with van der Waals surface area (Å²) >= 11 is 3.34. The van der Waals surface area contributed by atoms with Crippen molar-refractivity contribution in [2.24, 2.45) is 0 Å². The van der Waals surface area contributed by atoms with E-state index in [0.29, 0.717) is 11.3 Å². The van der Waals surface area contributed by atoms with Crippen LogP contribution in [0.1, 0.15) is 17.2 Å². The number of ether oxygens (including phenoxy) is 3. The molecule has 0 N–H and O–H groups in total. The zero-order chi connectivity index (χ0) is 16.7. The van der Waals surface area contributed by atoms with Gasteiger partial charge in [-0.2, -0.15) is 0 Å². The van der Waals surface area contributed by atoms with Gasteiger partial charge in [-0.05, 0) is 23.8 Å². The number of halogens is 1. The van der Waals surface area contributed by atoms with E-state index in [-0.39, 0.29) is 13.1 Å². The molecule has 120 valence electrons. The average Bonchev–Trinajstić information content (AvgIpc) is 2.59. The largest absolute Gasteiger partial charge is 0.496 e. The molecule has 0 aliphatic carbocycles. The van der Waals surface area contributed by atoms with Crippen LogP contribution in [-0.2, 0) is 25.7 Å². The Hall–Kier alpha value is -2.34. The maximum absolute atomic E-state index is 12.3. The molecule has 2 rings (SSSR count). The third-order valence-corrected chi connectivity index (χ3v) is 3.65. The summed E-state index contributed by atoms with van der Waals surface area (Å²) in [7, 11) is 1.48. The van der Waals surface area contributed by atoms with Crippen molar-refractivity contribution in [1.82, 2.24) is 0 Å². The van der Waals surface area contributed by atoms with E-state index in [1.54, 1.807) is 24.3 Å². The quantitative estimate of drug-likeness (QED) is 0.545. The second-order valence-electron chi connectivity index (χ2n) is 4.59. The van der Waals surface area contributed by atoms with Gasteiger partial charge in [0.05, 0.1) is 7.11 Å². The summed E-state index contributed by atoms with van der Waals surface area (Å²) < 4.78 is 16.3. The monoisotopic (exact) mass is 378 g/mol. The molecule has 6 heteroatoms. The standard InChI is InChI=1S/C17H15BrO5/c1-21-15-5-3-2-4-14(15)16(23-11-19)17(20)22-10-12-6-8-13(18)9-7-12/h2-9,11,16H,10H2,1H3. The minimum Gasteiger partial charge on any atom is -0.496 e. The Kier molecular flexibility index (Phi) is 6.17. The molecule has 0 saturated carbocycles. The van der Waals surface area contributed by atoms with E-state index < -0.39 is 12.1 Å². The minimum absolute atomic E-state index is 0.0833. The van der Waals surface area contributed by atoms with Crippen molar-refractivity contribution in [3.05, 3.63) is 64.1 Å². The molecule has 0 radical (unpaired) electrons. The lowest BCUT2D eigenvalue weighted by molar-refractivity contribution is -0.163. The zero-order valence-corrected chi connectivity index (χ0v) is 14.0. The number of benzene rings is 2. The summed E-state index contributed by atoms with van der Waals surface area (Å²) in [5.74, 6) is -0.218. The highest BCUT2D eigenvalue weighted by atomic mass is 79.9. The second kappa shape index (κ2) is 8.33. The predicted octanol–water partition coefficient (Wildman–Crippen LogP) is 3.42. The van der Waals surface area contributed by atoms with Crippen LogP contribution in [0.3, 0.4) is 0 Å². The molecular formula is C17H15BrO5. The van der Waals surface area contributed by atoms with Crippen LogP contribution in [0.25, 0.3) is 0 Å². The summed E-state index contributed by atoms with van der Waals surface area (Å²) in [5, 5.41) is 0. The molecule has 0 heterocycles. The molecular weight excluding hydrogens is 364 g/mol. The fraction of sp³-hybridized carbons (Fsp3) is 0.176. The molecule has 23 heavy (non-hydrogen) atoms. The number of hydrogen-bond donors (Lipinski definition) is 0. The van der Waals surface area contributed by atoms with Gasteiger partial charge in [-0.15, -0.1) is 0 Å². The highest BCUT2D eigenvalue weighted by molar-refractivity contribution is 9.10. The number of hydrogen-bond acceptors (Lipinski definition) is 5. The SMILES string of the molecule is COc1ccccc1C(OC=O)C(=O)OCc1ccc(Br)cc1. The van der Waals surface area contributed by atoms with E-state index in [1.807, 2.05) is 24.3 Å². The van der Waals surface area contributed by atoms with E-state index >= 15 is 0 Å². The van der Waals surface area contributed by atoms with Gasteiger partial charge in [0.15, 0.2) is 0 Å².